The Bertz CT molecular complexity index is 609. The number of aliphatic carboxylic acids is 1. The van der Waals surface area contributed by atoms with Crippen LogP contribution in [-0.2, 0) is 15.8 Å². The number of hydrogen-bond donors (Lipinski definition) is 3. The summed E-state index contributed by atoms with van der Waals surface area (Å²) in [6.07, 6.45) is 1.61. The number of carboxylic acids is 1. The van der Waals surface area contributed by atoms with Crippen molar-refractivity contribution in [3.8, 4) is 0 Å². The van der Waals surface area contributed by atoms with Gasteiger partial charge in [-0.2, -0.15) is 0 Å². The highest BCUT2D eigenvalue weighted by Crippen LogP contribution is 2.63. The van der Waals surface area contributed by atoms with Crippen molar-refractivity contribution in [1.29, 1.82) is 0 Å². The molecule has 23 heavy (non-hydrogen) atoms. The summed E-state index contributed by atoms with van der Waals surface area (Å²) in [5, 5.41) is 10.1. The van der Waals surface area contributed by atoms with Gasteiger partial charge in [-0.3, -0.25) is 9.36 Å². The van der Waals surface area contributed by atoms with Gasteiger partial charge in [0.05, 0.1) is 11.6 Å². The largest absolute Gasteiger partial charge is 0.481 e. The average Bonchev–Trinajstić information content (AvgIpc) is 2.79. The van der Waals surface area contributed by atoms with E-state index in [4.69, 9.17) is 0 Å². The molecule has 0 spiro atoms. The Labute approximate surface area is 136 Å². The van der Waals surface area contributed by atoms with Crippen molar-refractivity contribution in [2.75, 3.05) is 6.16 Å². The average molecular weight is 340 g/mol. The third-order valence-electron chi connectivity index (χ3n) is 5.53. The van der Waals surface area contributed by atoms with Crippen LogP contribution in [0.15, 0.2) is 30.3 Å². The standard InChI is InChI=1S/C17H25O5P/c1-13(2)17(12-23(20,21)22)10-6-9-16(17,15(18)19)11-14-7-4-3-5-8-14/h3-5,7-8,13H,6,9-12H2,1-2H3,(H,18,19)(H2,20,21,22). The molecular formula is C17H25O5P. The minimum Gasteiger partial charge on any atom is -0.481 e. The summed E-state index contributed by atoms with van der Waals surface area (Å²) in [6, 6.07) is 9.35. The van der Waals surface area contributed by atoms with Gasteiger partial charge in [-0.15, -0.1) is 0 Å². The van der Waals surface area contributed by atoms with Crippen LogP contribution in [0.5, 0.6) is 0 Å². The molecule has 0 aromatic heterocycles. The highest BCUT2D eigenvalue weighted by Gasteiger charge is 2.62. The predicted octanol–water partition coefficient (Wildman–Crippen LogP) is 3.30. The van der Waals surface area contributed by atoms with Crippen LogP contribution in [0.2, 0.25) is 0 Å². The van der Waals surface area contributed by atoms with Gasteiger partial charge in [-0.1, -0.05) is 50.6 Å². The molecule has 128 valence electrons. The fourth-order valence-corrected chi connectivity index (χ4v) is 5.98. The molecule has 1 aromatic carbocycles. The second kappa shape index (κ2) is 6.39. The molecule has 0 amide bonds. The molecule has 0 aliphatic heterocycles. The van der Waals surface area contributed by atoms with E-state index in [2.05, 4.69) is 0 Å². The van der Waals surface area contributed by atoms with Gasteiger partial charge < -0.3 is 14.9 Å². The van der Waals surface area contributed by atoms with Crippen molar-refractivity contribution < 1.29 is 24.3 Å². The van der Waals surface area contributed by atoms with Crippen LogP contribution in [0, 0.1) is 16.7 Å². The summed E-state index contributed by atoms with van der Waals surface area (Å²) >= 11 is 0. The van der Waals surface area contributed by atoms with Gasteiger partial charge in [0.2, 0.25) is 0 Å². The van der Waals surface area contributed by atoms with Crippen molar-refractivity contribution >= 4 is 13.6 Å². The predicted molar refractivity (Wildman–Crippen MR) is 88.2 cm³/mol. The fraction of sp³-hybridized carbons (Fsp3) is 0.588. The smallest absolute Gasteiger partial charge is 0.326 e. The number of rotatable bonds is 6. The zero-order valence-electron chi connectivity index (χ0n) is 13.6. The SMILES string of the molecule is CC(C)C1(CP(=O)(O)O)CCCC1(Cc1ccccc1)C(=O)O. The van der Waals surface area contributed by atoms with Gasteiger partial charge in [0, 0.05) is 5.41 Å². The van der Waals surface area contributed by atoms with Crippen LogP contribution >= 0.6 is 7.60 Å². The highest BCUT2D eigenvalue weighted by atomic mass is 31.2. The Hall–Kier alpha value is -1.16. The Balaban J connectivity index is 2.54. The molecule has 2 rings (SSSR count). The quantitative estimate of drug-likeness (QED) is 0.691. The first-order valence-corrected chi connectivity index (χ1v) is 9.75. The molecule has 0 saturated heterocycles. The van der Waals surface area contributed by atoms with Gasteiger partial charge in [0.1, 0.15) is 0 Å². The maximum Gasteiger partial charge on any atom is 0.326 e. The summed E-state index contributed by atoms with van der Waals surface area (Å²) < 4.78 is 11.8. The number of benzene rings is 1. The molecule has 6 heteroatoms. The van der Waals surface area contributed by atoms with Crippen LogP contribution in [0.3, 0.4) is 0 Å². The third kappa shape index (κ3) is 3.37. The van der Waals surface area contributed by atoms with Crippen molar-refractivity contribution in [2.45, 2.75) is 39.5 Å². The Morgan fingerprint density at radius 2 is 1.83 bits per heavy atom. The van der Waals surface area contributed by atoms with E-state index in [1.807, 2.05) is 44.2 Å². The van der Waals surface area contributed by atoms with Crippen LogP contribution in [-0.4, -0.2) is 27.0 Å². The molecule has 1 aliphatic carbocycles. The molecule has 3 N–H and O–H groups in total. The second-order valence-corrected chi connectivity index (χ2v) is 8.68. The van der Waals surface area contributed by atoms with Gasteiger partial charge in [-0.25, -0.2) is 0 Å². The Morgan fingerprint density at radius 1 is 1.22 bits per heavy atom. The van der Waals surface area contributed by atoms with Crippen molar-refractivity contribution in [2.24, 2.45) is 16.7 Å². The highest BCUT2D eigenvalue weighted by molar-refractivity contribution is 7.51. The maximum atomic E-state index is 12.3. The van der Waals surface area contributed by atoms with E-state index in [-0.39, 0.29) is 12.1 Å². The van der Waals surface area contributed by atoms with E-state index in [9.17, 15) is 24.3 Å². The number of carbonyl (C=O) groups is 1. The van der Waals surface area contributed by atoms with Crippen LogP contribution in [0.4, 0.5) is 0 Å². The van der Waals surface area contributed by atoms with E-state index in [0.29, 0.717) is 25.7 Å². The van der Waals surface area contributed by atoms with Gasteiger partial charge in [0.15, 0.2) is 0 Å². The fourth-order valence-electron chi connectivity index (χ4n) is 4.42. The molecule has 0 bridgehead atoms. The lowest BCUT2D eigenvalue weighted by Crippen LogP contribution is -2.50. The molecular weight excluding hydrogens is 315 g/mol. The molecule has 1 saturated carbocycles. The lowest BCUT2D eigenvalue weighted by Gasteiger charge is -2.46. The summed E-state index contributed by atoms with van der Waals surface area (Å²) in [5.74, 6) is -1.07. The van der Waals surface area contributed by atoms with E-state index < -0.39 is 24.4 Å². The molecule has 2 unspecified atom stereocenters. The minimum atomic E-state index is -4.32. The molecule has 5 nitrogen and oxygen atoms in total. The van der Waals surface area contributed by atoms with Gasteiger partial charge >= 0.3 is 13.6 Å². The van der Waals surface area contributed by atoms with Crippen LogP contribution in [0.1, 0.15) is 38.7 Å². The monoisotopic (exact) mass is 340 g/mol. The topological polar surface area (TPSA) is 94.8 Å². The van der Waals surface area contributed by atoms with Crippen LogP contribution < -0.4 is 0 Å². The molecule has 1 aliphatic rings. The zero-order valence-corrected chi connectivity index (χ0v) is 14.5. The van der Waals surface area contributed by atoms with Crippen molar-refractivity contribution in [3.63, 3.8) is 0 Å². The van der Waals surface area contributed by atoms with Crippen LogP contribution in [0.25, 0.3) is 0 Å². The summed E-state index contributed by atoms with van der Waals surface area (Å²) in [5.41, 5.74) is -1.13. The van der Waals surface area contributed by atoms with Crippen molar-refractivity contribution in [1.82, 2.24) is 0 Å². The number of hydrogen-bond acceptors (Lipinski definition) is 2. The molecule has 1 fully saturated rings. The minimum absolute atomic E-state index is 0.127. The summed E-state index contributed by atoms with van der Waals surface area (Å²) in [6.45, 7) is 3.76. The lowest BCUT2D eigenvalue weighted by molar-refractivity contribution is -0.158. The molecule has 0 radical (unpaired) electrons. The first-order chi connectivity index (χ1) is 10.6. The van der Waals surface area contributed by atoms with E-state index >= 15 is 0 Å². The van der Waals surface area contributed by atoms with Crippen molar-refractivity contribution in [3.05, 3.63) is 35.9 Å². The Kier molecular flexibility index (Phi) is 5.05. The lowest BCUT2D eigenvalue weighted by atomic mass is 9.58. The summed E-state index contributed by atoms with van der Waals surface area (Å²) in [4.78, 5) is 31.5. The number of carboxylic acid groups (broad SMARTS) is 1. The van der Waals surface area contributed by atoms with E-state index in [1.54, 1.807) is 0 Å². The van der Waals surface area contributed by atoms with Gasteiger partial charge in [0.25, 0.3) is 0 Å². The van der Waals surface area contributed by atoms with E-state index in [0.717, 1.165) is 5.56 Å². The zero-order chi connectivity index (χ0) is 17.3. The third-order valence-corrected chi connectivity index (χ3v) is 6.51. The van der Waals surface area contributed by atoms with E-state index in [1.165, 1.54) is 0 Å². The first kappa shape index (κ1) is 18.2. The summed E-state index contributed by atoms with van der Waals surface area (Å²) in [7, 11) is -4.32. The molecule has 2 atom stereocenters. The normalized spacial score (nSPS) is 28.2. The second-order valence-electron chi connectivity index (χ2n) is 7.04. The van der Waals surface area contributed by atoms with Gasteiger partial charge in [-0.05, 0) is 30.7 Å². The molecule has 1 aromatic rings. The Morgan fingerprint density at radius 3 is 2.30 bits per heavy atom. The maximum absolute atomic E-state index is 12.3. The first-order valence-electron chi connectivity index (χ1n) is 7.95. The molecule has 0 heterocycles.